The number of piperidine rings is 1. The second kappa shape index (κ2) is 10.0. The number of anilines is 1. The molecule has 0 saturated carbocycles. The number of rotatable bonds is 8. The summed E-state index contributed by atoms with van der Waals surface area (Å²) in [5, 5.41) is 3.26. The summed E-state index contributed by atoms with van der Waals surface area (Å²) >= 11 is 0. The minimum Gasteiger partial charge on any atom is -0.491 e. The van der Waals surface area contributed by atoms with E-state index in [1.807, 2.05) is 35.2 Å². The van der Waals surface area contributed by atoms with Crippen molar-refractivity contribution in [1.29, 1.82) is 0 Å². The van der Waals surface area contributed by atoms with Crippen LogP contribution in [0.1, 0.15) is 31.7 Å². The maximum Gasteiger partial charge on any atom is 0.241 e. The van der Waals surface area contributed by atoms with Gasteiger partial charge in [-0.15, -0.1) is 0 Å². The Balaban J connectivity index is 1.45. The zero-order valence-corrected chi connectivity index (χ0v) is 16.2. The number of hydrogen-bond acceptors (Lipinski definition) is 3. The van der Waals surface area contributed by atoms with Crippen LogP contribution in [0, 0.1) is 5.92 Å². The molecule has 1 fully saturated rings. The summed E-state index contributed by atoms with van der Waals surface area (Å²) in [5.74, 6) is 1.71. The van der Waals surface area contributed by atoms with Gasteiger partial charge in [0, 0.05) is 13.1 Å². The van der Waals surface area contributed by atoms with Crippen LogP contribution in [-0.2, 0) is 11.2 Å². The van der Waals surface area contributed by atoms with Gasteiger partial charge in [-0.1, -0.05) is 49.4 Å². The Labute approximate surface area is 162 Å². The molecule has 1 aliphatic rings. The first-order chi connectivity index (χ1) is 13.2. The predicted octanol–water partition coefficient (Wildman–Crippen LogP) is 4.37. The monoisotopic (exact) mass is 366 g/mol. The number of nitrogens with zero attached hydrogens (tertiary/aromatic N) is 1. The molecule has 1 saturated heterocycles. The highest BCUT2D eigenvalue weighted by molar-refractivity contribution is 5.81. The molecule has 2 aromatic carbocycles. The van der Waals surface area contributed by atoms with Crippen LogP contribution in [0.15, 0.2) is 54.6 Å². The highest BCUT2D eigenvalue weighted by Gasteiger charge is 2.20. The Morgan fingerprint density at radius 1 is 1.07 bits per heavy atom. The highest BCUT2D eigenvalue weighted by atomic mass is 16.5. The Kier molecular flexibility index (Phi) is 7.14. The van der Waals surface area contributed by atoms with Crippen LogP contribution in [0.3, 0.4) is 0 Å². The van der Waals surface area contributed by atoms with Crippen LogP contribution in [0.5, 0.6) is 5.75 Å². The number of carbonyl (C=O) groups excluding carboxylic acids is 1. The average molecular weight is 367 g/mol. The number of ether oxygens (including phenoxy) is 1. The third-order valence-electron chi connectivity index (χ3n) is 5.16. The van der Waals surface area contributed by atoms with E-state index in [4.69, 9.17) is 4.74 Å². The van der Waals surface area contributed by atoms with Gasteiger partial charge in [-0.25, -0.2) is 0 Å². The summed E-state index contributed by atoms with van der Waals surface area (Å²) in [7, 11) is 0. The molecule has 0 atom stereocenters. The summed E-state index contributed by atoms with van der Waals surface area (Å²) in [6.45, 7) is 4.98. The van der Waals surface area contributed by atoms with Crippen molar-refractivity contribution in [2.75, 3.05) is 31.6 Å². The Bertz CT molecular complexity index is 709. The smallest absolute Gasteiger partial charge is 0.241 e. The first-order valence-corrected chi connectivity index (χ1v) is 10.00. The first-order valence-electron chi connectivity index (χ1n) is 10.00. The quantitative estimate of drug-likeness (QED) is 0.706. The fourth-order valence-corrected chi connectivity index (χ4v) is 3.38. The summed E-state index contributed by atoms with van der Waals surface area (Å²) in [4.78, 5) is 14.4. The molecule has 1 N–H and O–H groups in total. The van der Waals surface area contributed by atoms with Crippen molar-refractivity contribution in [2.45, 2.75) is 32.6 Å². The van der Waals surface area contributed by atoms with Gasteiger partial charge in [-0.3, -0.25) is 4.79 Å². The maximum atomic E-state index is 12.4. The van der Waals surface area contributed by atoms with Crippen molar-refractivity contribution in [3.05, 3.63) is 60.2 Å². The lowest BCUT2D eigenvalue weighted by atomic mass is 9.99. The predicted molar refractivity (Wildman–Crippen MR) is 110 cm³/mol. The third kappa shape index (κ3) is 6.02. The first kappa shape index (κ1) is 19.3. The molecule has 3 rings (SSSR count). The largest absolute Gasteiger partial charge is 0.491 e. The molecule has 4 nitrogen and oxygen atoms in total. The number of aryl methyl sites for hydroxylation is 1. The van der Waals surface area contributed by atoms with Crippen molar-refractivity contribution in [2.24, 2.45) is 5.92 Å². The second-order valence-corrected chi connectivity index (χ2v) is 7.35. The number of para-hydroxylation sites is 2. The molecule has 1 heterocycles. The molecular weight excluding hydrogens is 336 g/mol. The van der Waals surface area contributed by atoms with E-state index in [9.17, 15) is 4.79 Å². The number of likely N-dealkylation sites (tertiary alicyclic amines) is 1. The van der Waals surface area contributed by atoms with E-state index < -0.39 is 0 Å². The second-order valence-electron chi connectivity index (χ2n) is 7.35. The molecule has 144 valence electrons. The van der Waals surface area contributed by atoms with E-state index in [0.29, 0.717) is 13.2 Å². The van der Waals surface area contributed by atoms with Crippen molar-refractivity contribution in [3.8, 4) is 5.75 Å². The molecule has 27 heavy (non-hydrogen) atoms. The van der Waals surface area contributed by atoms with Crippen molar-refractivity contribution in [1.82, 2.24) is 4.90 Å². The zero-order chi connectivity index (χ0) is 18.9. The van der Waals surface area contributed by atoms with Gasteiger partial charge in [0.05, 0.1) is 18.8 Å². The molecule has 0 aliphatic carbocycles. The molecular formula is C23H30N2O2. The van der Waals surface area contributed by atoms with E-state index in [2.05, 4.69) is 36.5 Å². The number of carbonyl (C=O) groups is 1. The van der Waals surface area contributed by atoms with Gasteiger partial charge in [0.15, 0.2) is 0 Å². The molecule has 0 radical (unpaired) electrons. The van der Waals surface area contributed by atoms with Gasteiger partial charge in [-0.2, -0.15) is 0 Å². The van der Waals surface area contributed by atoms with Crippen LogP contribution in [0.4, 0.5) is 5.69 Å². The van der Waals surface area contributed by atoms with Crippen LogP contribution in [-0.4, -0.2) is 37.0 Å². The van der Waals surface area contributed by atoms with Gasteiger partial charge >= 0.3 is 0 Å². The van der Waals surface area contributed by atoms with Gasteiger partial charge < -0.3 is 15.0 Å². The summed E-state index contributed by atoms with van der Waals surface area (Å²) in [5.41, 5.74) is 2.21. The molecule has 4 heteroatoms. The Morgan fingerprint density at radius 3 is 2.56 bits per heavy atom. The van der Waals surface area contributed by atoms with Crippen LogP contribution in [0.2, 0.25) is 0 Å². The zero-order valence-electron chi connectivity index (χ0n) is 16.2. The number of hydrogen-bond donors (Lipinski definition) is 1. The maximum absolute atomic E-state index is 12.4. The lowest BCUT2D eigenvalue weighted by molar-refractivity contribution is -0.130. The van der Waals surface area contributed by atoms with E-state index in [0.717, 1.165) is 56.1 Å². The van der Waals surface area contributed by atoms with Gasteiger partial charge in [-0.05, 0) is 49.3 Å². The molecule has 0 aromatic heterocycles. The molecule has 0 spiro atoms. The normalized spacial score (nSPS) is 14.8. The van der Waals surface area contributed by atoms with Crippen LogP contribution >= 0.6 is 0 Å². The van der Waals surface area contributed by atoms with Crippen molar-refractivity contribution in [3.63, 3.8) is 0 Å². The number of benzene rings is 2. The Morgan fingerprint density at radius 2 is 1.78 bits per heavy atom. The van der Waals surface area contributed by atoms with Gasteiger partial charge in [0.25, 0.3) is 0 Å². The minimum absolute atomic E-state index is 0.167. The lowest BCUT2D eigenvalue weighted by Gasteiger charge is -2.30. The average Bonchev–Trinajstić information content (AvgIpc) is 2.71. The molecule has 0 bridgehead atoms. The molecule has 1 amide bonds. The standard InChI is InChI=1S/C23H30N2O2/c1-19-13-15-25(16-14-19)23(26)18-24-21-11-5-6-12-22(21)27-17-7-10-20-8-3-2-4-9-20/h2-6,8-9,11-12,19,24H,7,10,13-18H2,1H3. The molecule has 0 unspecified atom stereocenters. The van der Waals surface area contributed by atoms with E-state index in [-0.39, 0.29) is 5.91 Å². The van der Waals surface area contributed by atoms with E-state index >= 15 is 0 Å². The topological polar surface area (TPSA) is 41.6 Å². The van der Waals surface area contributed by atoms with Gasteiger partial charge in [0.2, 0.25) is 5.91 Å². The van der Waals surface area contributed by atoms with Crippen LogP contribution in [0.25, 0.3) is 0 Å². The minimum atomic E-state index is 0.167. The number of amides is 1. The summed E-state index contributed by atoms with van der Waals surface area (Å²) in [6.07, 6.45) is 4.17. The number of nitrogens with one attached hydrogen (secondary N) is 1. The van der Waals surface area contributed by atoms with Crippen LogP contribution < -0.4 is 10.1 Å². The Hall–Kier alpha value is -2.49. The van der Waals surface area contributed by atoms with Crippen molar-refractivity contribution >= 4 is 11.6 Å². The fourth-order valence-electron chi connectivity index (χ4n) is 3.38. The SMILES string of the molecule is CC1CCN(C(=O)CNc2ccccc2OCCCc2ccccc2)CC1. The van der Waals surface area contributed by atoms with E-state index in [1.54, 1.807) is 0 Å². The highest BCUT2D eigenvalue weighted by Crippen LogP contribution is 2.24. The molecule has 2 aromatic rings. The van der Waals surface area contributed by atoms with Gasteiger partial charge in [0.1, 0.15) is 5.75 Å². The summed E-state index contributed by atoms with van der Waals surface area (Å²) < 4.78 is 5.96. The third-order valence-corrected chi connectivity index (χ3v) is 5.16. The summed E-state index contributed by atoms with van der Waals surface area (Å²) in [6, 6.07) is 18.3. The van der Waals surface area contributed by atoms with Crippen molar-refractivity contribution < 1.29 is 9.53 Å². The molecule has 1 aliphatic heterocycles. The lowest BCUT2D eigenvalue weighted by Crippen LogP contribution is -2.40. The fraction of sp³-hybridized carbons (Fsp3) is 0.435. The van der Waals surface area contributed by atoms with E-state index in [1.165, 1.54) is 5.56 Å².